The molecule has 0 atom stereocenters. The van der Waals surface area contributed by atoms with Gasteiger partial charge in [0, 0.05) is 35.1 Å². The van der Waals surface area contributed by atoms with Gasteiger partial charge in [-0.15, -0.1) is 0 Å². The Kier molecular flexibility index (Phi) is 3.25. The number of hydrogen-bond acceptors (Lipinski definition) is 4. The van der Waals surface area contributed by atoms with Crippen molar-refractivity contribution in [3.8, 4) is 0 Å². The number of fused-ring (bicyclic) bond motifs is 3. The quantitative estimate of drug-likeness (QED) is 0.489. The zero-order valence-corrected chi connectivity index (χ0v) is 14.4. The zero-order chi connectivity index (χ0) is 17.7. The first-order valence-electron chi connectivity index (χ1n) is 8.51. The third-order valence-corrected chi connectivity index (χ3v) is 4.79. The molecule has 0 saturated heterocycles. The summed E-state index contributed by atoms with van der Waals surface area (Å²) < 4.78 is 6.12. The van der Waals surface area contributed by atoms with Crippen molar-refractivity contribution >= 4 is 33.4 Å². The van der Waals surface area contributed by atoms with Crippen molar-refractivity contribution in [3.63, 3.8) is 0 Å². The van der Waals surface area contributed by atoms with E-state index < -0.39 is 0 Å². The van der Waals surface area contributed by atoms with E-state index in [0.717, 1.165) is 39.5 Å². The van der Waals surface area contributed by atoms with Crippen LogP contribution in [0, 0.1) is 20.0 Å². The van der Waals surface area contributed by atoms with Crippen LogP contribution in [0.4, 0.5) is 11.4 Å². The second-order valence-electron chi connectivity index (χ2n) is 6.36. The van der Waals surface area contributed by atoms with Gasteiger partial charge >= 0.3 is 0 Å². The SMILES string of the molecule is [CH2][C]1N(c2ccccc2)C=CN1c1c(C)ccc2c1oc1ncccc12. The number of anilines is 2. The summed E-state index contributed by atoms with van der Waals surface area (Å²) in [5.41, 5.74) is 4.69. The minimum absolute atomic E-state index is 0.656. The van der Waals surface area contributed by atoms with Gasteiger partial charge in [0.05, 0.1) is 5.69 Å². The standard InChI is InChI=1S/C22H17N3O/c1-15-10-11-18-19-9-6-12-23-22(19)26-21(18)20(15)25-14-13-24(16(25)2)17-7-4-3-5-8-17/h3-14H,2H2,1H3. The summed E-state index contributed by atoms with van der Waals surface area (Å²) in [4.78, 5) is 8.51. The van der Waals surface area contributed by atoms with Gasteiger partial charge in [0.1, 0.15) is 0 Å². The summed E-state index contributed by atoms with van der Waals surface area (Å²) in [5.74, 6) is 0. The van der Waals surface area contributed by atoms with E-state index in [1.54, 1.807) is 6.20 Å². The average Bonchev–Trinajstić information content (AvgIpc) is 3.23. The molecule has 0 N–H and O–H groups in total. The number of pyridine rings is 1. The second kappa shape index (κ2) is 5.63. The molecule has 1 aliphatic rings. The van der Waals surface area contributed by atoms with Crippen molar-refractivity contribution in [3.05, 3.63) is 91.8 Å². The Hall–Kier alpha value is -3.27. The summed E-state index contributed by atoms with van der Waals surface area (Å²) in [5, 5.41) is 2.09. The van der Waals surface area contributed by atoms with Crippen molar-refractivity contribution < 1.29 is 4.42 Å². The number of furan rings is 1. The predicted octanol–water partition coefficient (Wildman–Crippen LogP) is 5.41. The van der Waals surface area contributed by atoms with Gasteiger partial charge < -0.3 is 14.2 Å². The molecule has 3 heterocycles. The summed E-state index contributed by atoms with van der Waals surface area (Å²) in [6.07, 6.45) is 6.66. The Morgan fingerprint density at radius 1 is 0.885 bits per heavy atom. The number of aromatic nitrogens is 1. The van der Waals surface area contributed by atoms with E-state index in [1.165, 1.54) is 0 Å². The molecule has 0 spiro atoms. The lowest BCUT2D eigenvalue weighted by Gasteiger charge is -2.29. The lowest BCUT2D eigenvalue weighted by atomic mass is 10.1. The van der Waals surface area contributed by atoms with Gasteiger partial charge in [0.25, 0.3) is 0 Å². The van der Waals surface area contributed by atoms with Crippen LogP contribution in [0.1, 0.15) is 5.56 Å². The molecule has 0 unspecified atom stereocenters. The highest BCUT2D eigenvalue weighted by Gasteiger charge is 2.29. The van der Waals surface area contributed by atoms with Crippen molar-refractivity contribution in [2.24, 2.45) is 0 Å². The molecule has 0 amide bonds. The molecule has 0 saturated carbocycles. The van der Waals surface area contributed by atoms with Crippen LogP contribution in [0.5, 0.6) is 0 Å². The minimum atomic E-state index is 0.656. The van der Waals surface area contributed by atoms with E-state index in [1.807, 2.05) is 42.7 Å². The van der Waals surface area contributed by atoms with E-state index in [9.17, 15) is 0 Å². The smallest absolute Gasteiger partial charge is 0.227 e. The first-order chi connectivity index (χ1) is 12.7. The average molecular weight is 339 g/mol. The van der Waals surface area contributed by atoms with Crippen LogP contribution in [0.15, 0.2) is 77.6 Å². The van der Waals surface area contributed by atoms with E-state index in [0.29, 0.717) is 5.71 Å². The summed E-state index contributed by atoms with van der Waals surface area (Å²) in [6.45, 7) is 6.39. The molecule has 126 valence electrons. The summed E-state index contributed by atoms with van der Waals surface area (Å²) in [7, 11) is 0. The Morgan fingerprint density at radius 2 is 1.69 bits per heavy atom. The van der Waals surface area contributed by atoms with Crippen molar-refractivity contribution in [2.45, 2.75) is 6.92 Å². The monoisotopic (exact) mass is 339 g/mol. The number of aryl methyl sites for hydroxylation is 1. The highest BCUT2D eigenvalue weighted by Crippen LogP contribution is 2.41. The van der Waals surface area contributed by atoms with E-state index in [2.05, 4.69) is 52.9 Å². The molecule has 26 heavy (non-hydrogen) atoms. The normalized spacial score (nSPS) is 14.8. The van der Waals surface area contributed by atoms with Crippen LogP contribution in [-0.4, -0.2) is 4.98 Å². The zero-order valence-electron chi connectivity index (χ0n) is 14.4. The molecule has 0 aliphatic carbocycles. The molecular weight excluding hydrogens is 322 g/mol. The molecule has 2 aromatic heterocycles. The molecule has 1 aliphatic heterocycles. The van der Waals surface area contributed by atoms with Gasteiger partial charge in [-0.25, -0.2) is 4.98 Å². The van der Waals surface area contributed by atoms with Crippen molar-refractivity contribution in [2.75, 3.05) is 9.80 Å². The van der Waals surface area contributed by atoms with Gasteiger partial charge in [0.2, 0.25) is 5.71 Å². The van der Waals surface area contributed by atoms with Crippen LogP contribution in [-0.2, 0) is 0 Å². The van der Waals surface area contributed by atoms with Gasteiger partial charge in [-0.05, 0) is 43.7 Å². The molecule has 0 bridgehead atoms. The van der Waals surface area contributed by atoms with Crippen LogP contribution in [0.3, 0.4) is 0 Å². The fraction of sp³-hybridized carbons (Fsp3) is 0.0455. The van der Waals surface area contributed by atoms with Crippen molar-refractivity contribution in [1.29, 1.82) is 0 Å². The van der Waals surface area contributed by atoms with E-state index in [-0.39, 0.29) is 0 Å². The third kappa shape index (κ3) is 2.12. The van der Waals surface area contributed by atoms with E-state index in [4.69, 9.17) is 4.42 Å². The third-order valence-electron chi connectivity index (χ3n) is 4.79. The number of hydrogen-bond donors (Lipinski definition) is 0. The predicted molar refractivity (Wildman–Crippen MR) is 105 cm³/mol. The Balaban J connectivity index is 1.65. The molecule has 2 radical (unpaired) electrons. The number of para-hydroxylation sites is 1. The first kappa shape index (κ1) is 15.0. The fourth-order valence-electron chi connectivity index (χ4n) is 3.51. The molecule has 4 heteroatoms. The molecule has 0 fully saturated rings. The Morgan fingerprint density at radius 3 is 2.54 bits per heavy atom. The maximum Gasteiger partial charge on any atom is 0.227 e. The van der Waals surface area contributed by atoms with Crippen molar-refractivity contribution in [1.82, 2.24) is 4.98 Å². The highest BCUT2D eigenvalue weighted by molar-refractivity contribution is 6.09. The largest absolute Gasteiger partial charge is 0.435 e. The molecule has 4 aromatic rings. The summed E-state index contributed by atoms with van der Waals surface area (Å²) in [6, 6.07) is 18.4. The maximum atomic E-state index is 6.12. The van der Waals surface area contributed by atoms with Crippen LogP contribution < -0.4 is 9.80 Å². The molecule has 5 rings (SSSR count). The van der Waals surface area contributed by atoms with Gasteiger partial charge in [0.15, 0.2) is 11.7 Å². The lowest BCUT2D eigenvalue weighted by molar-refractivity contribution is 0.653. The minimum Gasteiger partial charge on any atom is -0.435 e. The van der Waals surface area contributed by atoms with Gasteiger partial charge in [-0.3, -0.25) is 0 Å². The molecular formula is C22H17N3O. The Bertz CT molecular complexity index is 1130. The summed E-state index contributed by atoms with van der Waals surface area (Å²) >= 11 is 0. The fourth-order valence-corrected chi connectivity index (χ4v) is 3.51. The molecule has 4 nitrogen and oxygen atoms in total. The van der Waals surface area contributed by atoms with Crippen LogP contribution >= 0.6 is 0 Å². The topological polar surface area (TPSA) is 32.5 Å². The van der Waals surface area contributed by atoms with E-state index >= 15 is 0 Å². The highest BCUT2D eigenvalue weighted by atomic mass is 16.3. The molecule has 2 aromatic carbocycles. The Labute approximate surface area is 152 Å². The van der Waals surface area contributed by atoms with Crippen LogP contribution in [0.2, 0.25) is 0 Å². The lowest BCUT2D eigenvalue weighted by Crippen LogP contribution is -2.28. The van der Waals surface area contributed by atoms with Gasteiger partial charge in [-0.2, -0.15) is 0 Å². The second-order valence-corrected chi connectivity index (χ2v) is 6.36. The van der Waals surface area contributed by atoms with Gasteiger partial charge in [-0.1, -0.05) is 30.3 Å². The maximum absolute atomic E-state index is 6.12. The van der Waals surface area contributed by atoms with Crippen LogP contribution in [0.25, 0.3) is 22.1 Å². The number of nitrogens with zero attached hydrogens (tertiary/aromatic N) is 3. The number of benzene rings is 2. The first-order valence-corrected chi connectivity index (χ1v) is 8.51. The number of rotatable bonds is 2.